The Hall–Kier alpha value is -3.58. The van der Waals surface area contributed by atoms with Crippen molar-refractivity contribution in [1.29, 1.82) is 0 Å². The molecular weight excluding hydrogens is 482 g/mol. The molecular formula is C31H39NO6. The number of hydrogen-bond acceptors (Lipinski definition) is 7. The van der Waals surface area contributed by atoms with E-state index in [-0.39, 0.29) is 35.7 Å². The molecule has 0 spiro atoms. The Bertz CT molecular complexity index is 1110. The van der Waals surface area contributed by atoms with Crippen LogP contribution in [0.3, 0.4) is 0 Å². The number of benzene rings is 2. The predicted molar refractivity (Wildman–Crippen MR) is 149 cm³/mol. The van der Waals surface area contributed by atoms with Crippen molar-refractivity contribution in [3.63, 3.8) is 0 Å². The number of rotatable bonds is 10. The molecule has 2 aromatic carbocycles. The van der Waals surface area contributed by atoms with Crippen molar-refractivity contribution in [3.8, 4) is 11.5 Å². The fourth-order valence-electron chi connectivity index (χ4n) is 5.16. The molecule has 7 nitrogen and oxygen atoms in total. The smallest absolute Gasteiger partial charge is 0.331 e. The second-order valence-electron chi connectivity index (χ2n) is 10.6. The molecule has 0 N–H and O–H groups in total. The molecule has 1 aliphatic heterocycles. The second-order valence-corrected chi connectivity index (χ2v) is 10.6. The lowest BCUT2D eigenvalue weighted by Gasteiger charge is -2.54. The van der Waals surface area contributed by atoms with E-state index >= 15 is 0 Å². The Morgan fingerprint density at radius 1 is 0.789 bits per heavy atom. The fourth-order valence-corrected chi connectivity index (χ4v) is 5.16. The van der Waals surface area contributed by atoms with E-state index in [9.17, 15) is 9.59 Å². The van der Waals surface area contributed by atoms with Crippen molar-refractivity contribution < 1.29 is 28.5 Å². The molecule has 0 amide bonds. The minimum absolute atomic E-state index is 0.209. The van der Waals surface area contributed by atoms with Crippen LogP contribution in [-0.4, -0.2) is 61.4 Å². The van der Waals surface area contributed by atoms with E-state index < -0.39 is 0 Å². The number of ether oxygens (including phenoxy) is 4. The van der Waals surface area contributed by atoms with Crippen LogP contribution in [0.1, 0.15) is 51.7 Å². The maximum absolute atomic E-state index is 12.5. The van der Waals surface area contributed by atoms with Gasteiger partial charge in [-0.3, -0.25) is 4.90 Å². The quantitative estimate of drug-likeness (QED) is 0.300. The van der Waals surface area contributed by atoms with E-state index in [0.717, 1.165) is 22.6 Å². The normalized spacial score (nSPS) is 17.4. The molecule has 0 unspecified atom stereocenters. The third kappa shape index (κ3) is 8.21. The van der Waals surface area contributed by atoms with Gasteiger partial charge in [-0.2, -0.15) is 0 Å². The lowest BCUT2D eigenvalue weighted by Crippen LogP contribution is -2.63. The van der Waals surface area contributed by atoms with Gasteiger partial charge in [0, 0.05) is 42.6 Å². The average molecular weight is 522 g/mol. The van der Waals surface area contributed by atoms with Gasteiger partial charge in [-0.1, -0.05) is 24.3 Å². The first-order valence-electron chi connectivity index (χ1n) is 12.8. The Kier molecular flexibility index (Phi) is 9.75. The second kappa shape index (κ2) is 12.8. The summed E-state index contributed by atoms with van der Waals surface area (Å²) in [5.74, 6) is 0.784. The minimum atomic E-state index is -0.385. The van der Waals surface area contributed by atoms with Gasteiger partial charge in [-0.05, 0) is 75.2 Å². The van der Waals surface area contributed by atoms with Gasteiger partial charge in [0.1, 0.15) is 24.2 Å². The van der Waals surface area contributed by atoms with Gasteiger partial charge in [-0.25, -0.2) is 9.59 Å². The van der Waals surface area contributed by atoms with Crippen molar-refractivity contribution in [2.24, 2.45) is 0 Å². The molecule has 3 rings (SSSR count). The predicted octanol–water partition coefficient (Wildman–Crippen LogP) is 5.54. The number of hydrogen-bond donors (Lipinski definition) is 0. The van der Waals surface area contributed by atoms with Gasteiger partial charge in [-0.15, -0.1) is 0 Å². The molecule has 0 aromatic heterocycles. The summed E-state index contributed by atoms with van der Waals surface area (Å²) in [6.45, 7) is 9.38. The van der Waals surface area contributed by atoms with Crippen LogP contribution in [0.15, 0.2) is 60.7 Å². The molecule has 0 bridgehead atoms. The van der Waals surface area contributed by atoms with Crippen LogP contribution in [0.2, 0.25) is 0 Å². The molecule has 0 aliphatic carbocycles. The maximum atomic E-state index is 12.5. The van der Waals surface area contributed by atoms with Crippen molar-refractivity contribution in [1.82, 2.24) is 4.90 Å². The Labute approximate surface area is 226 Å². The van der Waals surface area contributed by atoms with Crippen LogP contribution in [0, 0.1) is 0 Å². The van der Waals surface area contributed by atoms with Crippen LogP contribution in [0.25, 0.3) is 12.2 Å². The van der Waals surface area contributed by atoms with Crippen LogP contribution in [-0.2, 0) is 19.1 Å². The highest BCUT2D eigenvalue weighted by molar-refractivity contribution is 5.87. The van der Waals surface area contributed by atoms with Crippen LogP contribution < -0.4 is 9.47 Å². The molecule has 0 atom stereocenters. The highest BCUT2D eigenvalue weighted by atomic mass is 16.5. The van der Waals surface area contributed by atoms with Gasteiger partial charge in [0.15, 0.2) is 0 Å². The zero-order chi connectivity index (χ0) is 27.8. The first-order valence-corrected chi connectivity index (χ1v) is 12.8. The number of nitrogens with zero attached hydrogens (tertiary/aromatic N) is 1. The largest absolute Gasteiger partial charge is 0.497 e. The number of methoxy groups -OCH3 is 2. The Balaban J connectivity index is 1.50. The van der Waals surface area contributed by atoms with E-state index in [1.807, 2.05) is 48.5 Å². The summed E-state index contributed by atoms with van der Waals surface area (Å²) in [6, 6.07) is 14.9. The van der Waals surface area contributed by atoms with Crippen molar-refractivity contribution in [2.45, 2.75) is 57.7 Å². The number of carbonyl (C=O) groups excluding carboxylic acids is 2. The van der Waals surface area contributed by atoms with E-state index in [0.29, 0.717) is 19.4 Å². The SMILES string of the molecule is COc1ccc(C=CC(=O)OCCN2C(C)(C)CC(OC(=O)C=Cc3ccc(OC)cc3)CC2(C)C)cc1. The number of likely N-dealkylation sites (tertiary alicyclic amines) is 1. The lowest BCUT2D eigenvalue weighted by molar-refractivity contribution is -0.157. The first-order chi connectivity index (χ1) is 18.0. The molecule has 0 radical (unpaired) electrons. The topological polar surface area (TPSA) is 74.3 Å². The standard InChI is InChI=1S/C31H39NO6/c1-30(2)21-27(38-29(34)18-12-24-9-15-26(36-6)16-10-24)22-31(3,4)32(30)19-20-37-28(33)17-11-23-7-13-25(35-5)14-8-23/h7-18,27H,19-22H2,1-6H3. The zero-order valence-corrected chi connectivity index (χ0v) is 23.2. The Morgan fingerprint density at radius 3 is 1.68 bits per heavy atom. The number of carbonyl (C=O) groups is 2. The van der Waals surface area contributed by atoms with E-state index in [1.165, 1.54) is 12.2 Å². The van der Waals surface area contributed by atoms with E-state index in [1.54, 1.807) is 26.4 Å². The van der Waals surface area contributed by atoms with Gasteiger partial charge in [0.2, 0.25) is 0 Å². The van der Waals surface area contributed by atoms with Crippen molar-refractivity contribution >= 4 is 24.1 Å². The fraction of sp³-hybridized carbons (Fsp3) is 0.419. The number of esters is 2. The lowest BCUT2D eigenvalue weighted by atomic mass is 9.78. The highest BCUT2D eigenvalue weighted by Crippen LogP contribution is 2.39. The van der Waals surface area contributed by atoms with Crippen molar-refractivity contribution in [2.75, 3.05) is 27.4 Å². The van der Waals surface area contributed by atoms with E-state index in [4.69, 9.17) is 18.9 Å². The molecule has 204 valence electrons. The van der Waals surface area contributed by atoms with Crippen molar-refractivity contribution in [3.05, 3.63) is 71.8 Å². The molecule has 1 aliphatic rings. The van der Waals surface area contributed by atoms with Crippen LogP contribution in [0.4, 0.5) is 0 Å². The monoisotopic (exact) mass is 521 g/mol. The third-order valence-electron chi connectivity index (χ3n) is 6.81. The van der Waals surface area contributed by atoms with Gasteiger partial charge in [0.05, 0.1) is 14.2 Å². The van der Waals surface area contributed by atoms with Crippen LogP contribution >= 0.6 is 0 Å². The number of piperidine rings is 1. The third-order valence-corrected chi connectivity index (χ3v) is 6.81. The minimum Gasteiger partial charge on any atom is -0.497 e. The summed E-state index contributed by atoms with van der Waals surface area (Å²) >= 11 is 0. The van der Waals surface area contributed by atoms with Gasteiger partial charge < -0.3 is 18.9 Å². The molecule has 7 heteroatoms. The van der Waals surface area contributed by atoms with E-state index in [2.05, 4.69) is 32.6 Å². The summed E-state index contributed by atoms with van der Waals surface area (Å²) in [4.78, 5) is 27.1. The summed E-state index contributed by atoms with van der Waals surface area (Å²) in [7, 11) is 3.23. The summed E-state index contributed by atoms with van der Waals surface area (Å²) in [6.07, 6.45) is 7.52. The molecule has 2 aromatic rings. The summed E-state index contributed by atoms with van der Waals surface area (Å²) in [5, 5.41) is 0. The summed E-state index contributed by atoms with van der Waals surface area (Å²) < 4.78 is 21.6. The van der Waals surface area contributed by atoms with Gasteiger partial charge >= 0.3 is 11.9 Å². The maximum Gasteiger partial charge on any atom is 0.331 e. The van der Waals surface area contributed by atoms with Crippen LogP contribution in [0.5, 0.6) is 11.5 Å². The summed E-state index contributed by atoms with van der Waals surface area (Å²) in [5.41, 5.74) is 1.28. The Morgan fingerprint density at radius 2 is 1.24 bits per heavy atom. The molecule has 0 saturated carbocycles. The average Bonchev–Trinajstić information content (AvgIpc) is 2.87. The molecule has 38 heavy (non-hydrogen) atoms. The molecule has 1 heterocycles. The highest BCUT2D eigenvalue weighted by Gasteiger charge is 2.46. The molecule has 1 saturated heterocycles. The molecule has 1 fully saturated rings. The van der Waals surface area contributed by atoms with Gasteiger partial charge in [0.25, 0.3) is 0 Å². The zero-order valence-electron chi connectivity index (χ0n) is 23.2. The first kappa shape index (κ1) is 29.0.